The molecule has 0 unspecified atom stereocenters. The van der Waals surface area contributed by atoms with E-state index in [2.05, 4.69) is 10.0 Å². The Labute approximate surface area is 205 Å². The van der Waals surface area contributed by atoms with Crippen molar-refractivity contribution in [2.45, 2.75) is 17.7 Å². The van der Waals surface area contributed by atoms with Crippen LogP contribution in [0.2, 0.25) is 0 Å². The molecule has 182 valence electrons. The molecule has 1 fully saturated rings. The van der Waals surface area contributed by atoms with E-state index in [-0.39, 0.29) is 34.9 Å². The molecule has 0 aromatic heterocycles. The summed E-state index contributed by atoms with van der Waals surface area (Å²) in [5.74, 6) is 0.0296. The Morgan fingerprint density at radius 3 is 2.06 bits per heavy atom. The van der Waals surface area contributed by atoms with Crippen LogP contribution in [0.3, 0.4) is 0 Å². The van der Waals surface area contributed by atoms with Crippen molar-refractivity contribution in [3.63, 3.8) is 0 Å². The molecule has 4 rings (SSSR count). The fraction of sp³-hybridized carbons (Fsp3) is 0.231. The van der Waals surface area contributed by atoms with Crippen molar-refractivity contribution in [1.29, 1.82) is 0 Å². The zero-order chi connectivity index (χ0) is 24.7. The number of amides is 2. The zero-order valence-electron chi connectivity index (χ0n) is 19.1. The van der Waals surface area contributed by atoms with E-state index in [9.17, 15) is 18.0 Å². The minimum atomic E-state index is -3.80. The number of piperidine rings is 1. The van der Waals surface area contributed by atoms with Gasteiger partial charge in [0.05, 0.1) is 16.3 Å². The molecule has 3 aromatic rings. The Morgan fingerprint density at radius 2 is 1.40 bits per heavy atom. The zero-order valence-corrected chi connectivity index (χ0v) is 19.9. The minimum absolute atomic E-state index is 0.0458. The van der Waals surface area contributed by atoms with Gasteiger partial charge in [0.2, 0.25) is 5.91 Å². The number of anilines is 2. The molecule has 1 aliphatic rings. The number of carbonyl (C=O) groups is 2. The number of carbonyl (C=O) groups excluding carboxylic acids is 2. The first-order valence-electron chi connectivity index (χ1n) is 11.4. The van der Waals surface area contributed by atoms with Crippen LogP contribution in [-0.2, 0) is 19.6 Å². The molecule has 0 spiro atoms. The first-order chi connectivity index (χ1) is 16.9. The molecule has 1 aliphatic heterocycles. The van der Waals surface area contributed by atoms with Gasteiger partial charge in [-0.3, -0.25) is 14.3 Å². The monoisotopic (exact) mass is 493 g/mol. The highest BCUT2D eigenvalue weighted by Gasteiger charge is 2.28. The molecule has 0 radical (unpaired) electrons. The Balaban J connectivity index is 1.32. The van der Waals surface area contributed by atoms with Crippen LogP contribution in [0.4, 0.5) is 11.4 Å². The van der Waals surface area contributed by atoms with E-state index >= 15 is 0 Å². The Kier molecular flexibility index (Phi) is 7.67. The molecule has 8 nitrogen and oxygen atoms in total. The molecule has 1 heterocycles. The van der Waals surface area contributed by atoms with Crippen molar-refractivity contribution >= 4 is 33.2 Å². The van der Waals surface area contributed by atoms with Gasteiger partial charge in [-0.1, -0.05) is 48.5 Å². The average Bonchev–Trinajstić information content (AvgIpc) is 2.89. The highest BCUT2D eigenvalue weighted by molar-refractivity contribution is 7.92. The second-order valence-corrected chi connectivity index (χ2v) is 9.89. The van der Waals surface area contributed by atoms with Gasteiger partial charge in [0, 0.05) is 19.0 Å². The molecular weight excluding hydrogens is 466 g/mol. The smallest absolute Gasteiger partial charge is 0.261 e. The third-order valence-corrected chi connectivity index (χ3v) is 7.19. The summed E-state index contributed by atoms with van der Waals surface area (Å²) >= 11 is 0. The lowest BCUT2D eigenvalue weighted by Crippen LogP contribution is -2.43. The summed E-state index contributed by atoms with van der Waals surface area (Å²) in [4.78, 5) is 27.2. The van der Waals surface area contributed by atoms with Crippen molar-refractivity contribution in [3.8, 4) is 5.75 Å². The number of hydrogen-bond donors (Lipinski definition) is 2. The third kappa shape index (κ3) is 6.39. The SMILES string of the molecule is O=C(Nc1ccccc1NS(=O)(=O)c1ccccc1)C1CCN(C(=O)COc2ccccc2)CC1. The Morgan fingerprint density at radius 1 is 0.829 bits per heavy atom. The number of sulfonamides is 1. The minimum Gasteiger partial charge on any atom is -0.484 e. The predicted molar refractivity (Wildman–Crippen MR) is 134 cm³/mol. The molecule has 2 N–H and O–H groups in total. The van der Waals surface area contributed by atoms with Gasteiger partial charge < -0.3 is 15.0 Å². The van der Waals surface area contributed by atoms with E-state index in [0.717, 1.165) is 0 Å². The van der Waals surface area contributed by atoms with Gasteiger partial charge in [0.15, 0.2) is 6.61 Å². The lowest BCUT2D eigenvalue weighted by atomic mass is 9.95. The summed E-state index contributed by atoms with van der Waals surface area (Å²) < 4.78 is 33.5. The number of benzene rings is 3. The molecule has 2 amide bonds. The van der Waals surface area contributed by atoms with Crippen LogP contribution < -0.4 is 14.8 Å². The maximum atomic E-state index is 12.9. The molecule has 35 heavy (non-hydrogen) atoms. The van der Waals surface area contributed by atoms with Crippen LogP contribution in [-0.4, -0.2) is 44.8 Å². The molecule has 9 heteroatoms. The molecular formula is C26H27N3O5S. The second kappa shape index (κ2) is 11.1. The van der Waals surface area contributed by atoms with Gasteiger partial charge in [0.25, 0.3) is 15.9 Å². The first-order valence-corrected chi connectivity index (χ1v) is 12.8. The topological polar surface area (TPSA) is 105 Å². The Bertz CT molecular complexity index is 1260. The van der Waals surface area contributed by atoms with E-state index in [0.29, 0.717) is 37.4 Å². The number of ether oxygens (including phenoxy) is 1. The lowest BCUT2D eigenvalue weighted by Gasteiger charge is -2.31. The van der Waals surface area contributed by atoms with Crippen molar-refractivity contribution in [3.05, 3.63) is 84.9 Å². The summed E-state index contributed by atoms with van der Waals surface area (Å²) in [7, 11) is -3.80. The maximum Gasteiger partial charge on any atom is 0.261 e. The highest BCUT2D eigenvalue weighted by Crippen LogP contribution is 2.26. The third-order valence-electron chi connectivity index (χ3n) is 5.81. The first kappa shape index (κ1) is 24.3. The number of nitrogens with zero attached hydrogens (tertiary/aromatic N) is 1. The van der Waals surface area contributed by atoms with Gasteiger partial charge in [-0.25, -0.2) is 8.42 Å². The van der Waals surface area contributed by atoms with Gasteiger partial charge in [-0.2, -0.15) is 0 Å². The number of likely N-dealkylation sites (tertiary alicyclic amines) is 1. The Hall–Kier alpha value is -3.85. The number of nitrogens with one attached hydrogen (secondary N) is 2. The number of hydrogen-bond acceptors (Lipinski definition) is 5. The van der Waals surface area contributed by atoms with E-state index in [1.807, 2.05) is 18.2 Å². The van der Waals surface area contributed by atoms with Crippen LogP contribution in [0.5, 0.6) is 5.75 Å². The standard InChI is InChI=1S/C26H27N3O5S/c30-25(19-34-21-9-3-1-4-10-21)29-17-15-20(16-18-29)26(31)27-23-13-7-8-14-24(23)28-35(32,33)22-11-5-2-6-12-22/h1-14,20,28H,15-19H2,(H,27,31). The fourth-order valence-electron chi connectivity index (χ4n) is 3.86. The predicted octanol–water partition coefficient (Wildman–Crippen LogP) is 3.74. The molecule has 0 aliphatic carbocycles. The summed E-state index contributed by atoms with van der Waals surface area (Å²) in [6.07, 6.45) is 1.03. The summed E-state index contributed by atoms with van der Waals surface area (Å²) in [6.45, 7) is 0.866. The molecule has 3 aromatic carbocycles. The second-order valence-electron chi connectivity index (χ2n) is 8.21. The van der Waals surface area contributed by atoms with Crippen LogP contribution in [0.25, 0.3) is 0 Å². The van der Waals surface area contributed by atoms with E-state index in [1.165, 1.54) is 12.1 Å². The van der Waals surface area contributed by atoms with E-state index in [1.54, 1.807) is 59.5 Å². The van der Waals surface area contributed by atoms with Gasteiger partial charge >= 0.3 is 0 Å². The molecule has 0 saturated carbocycles. The van der Waals surface area contributed by atoms with Gasteiger partial charge in [0.1, 0.15) is 5.75 Å². The van der Waals surface area contributed by atoms with Crippen LogP contribution in [0.1, 0.15) is 12.8 Å². The maximum absolute atomic E-state index is 12.9. The molecule has 0 atom stereocenters. The van der Waals surface area contributed by atoms with E-state index in [4.69, 9.17) is 4.74 Å². The van der Waals surface area contributed by atoms with Crippen molar-refractivity contribution in [2.24, 2.45) is 5.92 Å². The van der Waals surface area contributed by atoms with Crippen molar-refractivity contribution in [1.82, 2.24) is 4.90 Å². The van der Waals surface area contributed by atoms with Crippen LogP contribution in [0.15, 0.2) is 89.8 Å². The summed E-state index contributed by atoms with van der Waals surface area (Å²) in [6, 6.07) is 23.9. The number of para-hydroxylation sites is 3. The van der Waals surface area contributed by atoms with Gasteiger partial charge in [-0.15, -0.1) is 0 Å². The number of rotatable bonds is 8. The van der Waals surface area contributed by atoms with Crippen molar-refractivity contribution < 1.29 is 22.7 Å². The summed E-state index contributed by atoms with van der Waals surface area (Å²) in [5.41, 5.74) is 0.669. The normalized spacial score (nSPS) is 14.2. The van der Waals surface area contributed by atoms with E-state index < -0.39 is 10.0 Å². The fourth-order valence-corrected chi connectivity index (χ4v) is 4.96. The van der Waals surface area contributed by atoms with Crippen LogP contribution in [0, 0.1) is 5.92 Å². The molecule has 0 bridgehead atoms. The largest absolute Gasteiger partial charge is 0.484 e. The average molecular weight is 494 g/mol. The van der Waals surface area contributed by atoms with Gasteiger partial charge in [-0.05, 0) is 49.2 Å². The van der Waals surface area contributed by atoms with Crippen LogP contribution >= 0.6 is 0 Å². The molecule has 1 saturated heterocycles. The quantitative estimate of drug-likeness (QED) is 0.497. The van der Waals surface area contributed by atoms with Crippen molar-refractivity contribution in [2.75, 3.05) is 29.7 Å². The highest BCUT2D eigenvalue weighted by atomic mass is 32.2. The summed E-state index contributed by atoms with van der Waals surface area (Å²) in [5, 5.41) is 2.85. The lowest BCUT2D eigenvalue weighted by molar-refractivity contribution is -0.136.